The van der Waals surface area contributed by atoms with E-state index in [0.717, 1.165) is 31.0 Å². The van der Waals surface area contributed by atoms with Gasteiger partial charge in [0.1, 0.15) is 17.7 Å². The average molecular weight is 344 g/mol. The third-order valence-electron chi connectivity index (χ3n) is 5.04. The third kappa shape index (κ3) is 3.24. The number of aromatic nitrogens is 2. The molecule has 0 bridgehead atoms. The largest absolute Gasteiger partial charge is 0.442 e. The number of amides is 1. The Morgan fingerprint density at radius 1 is 1.28 bits per heavy atom. The van der Waals surface area contributed by atoms with Crippen molar-refractivity contribution in [2.24, 2.45) is 7.05 Å². The molecular weight excluding hydrogens is 323 g/mol. The first-order chi connectivity index (χ1) is 12.1. The third-order valence-corrected chi connectivity index (χ3v) is 5.04. The maximum atomic E-state index is 13.0. The monoisotopic (exact) mass is 344 g/mol. The minimum absolute atomic E-state index is 0.0771. The molecule has 4 rings (SSSR count). The highest BCUT2D eigenvalue weighted by molar-refractivity contribution is 5.71. The van der Waals surface area contributed by atoms with Crippen LogP contribution in [0.5, 0.6) is 0 Å². The molecule has 25 heavy (non-hydrogen) atoms. The summed E-state index contributed by atoms with van der Waals surface area (Å²) < 4.78 is 20.5. The van der Waals surface area contributed by atoms with E-state index < -0.39 is 0 Å². The molecule has 2 saturated heterocycles. The Morgan fingerprint density at radius 2 is 2.08 bits per heavy atom. The van der Waals surface area contributed by atoms with Gasteiger partial charge in [-0.25, -0.2) is 14.2 Å². The molecule has 1 aromatic heterocycles. The number of imidazole rings is 1. The molecular formula is C18H21FN4O2. The molecule has 0 spiro atoms. The van der Waals surface area contributed by atoms with E-state index >= 15 is 0 Å². The van der Waals surface area contributed by atoms with Gasteiger partial charge in [0.2, 0.25) is 0 Å². The van der Waals surface area contributed by atoms with Crippen LogP contribution in [0.25, 0.3) is 0 Å². The summed E-state index contributed by atoms with van der Waals surface area (Å²) in [4.78, 5) is 20.6. The van der Waals surface area contributed by atoms with Crippen molar-refractivity contribution in [1.82, 2.24) is 19.4 Å². The number of benzene rings is 1. The van der Waals surface area contributed by atoms with Crippen LogP contribution in [0.15, 0.2) is 36.7 Å². The van der Waals surface area contributed by atoms with Gasteiger partial charge in [0.15, 0.2) is 0 Å². The average Bonchev–Trinajstić information content (AvgIpc) is 3.23. The zero-order chi connectivity index (χ0) is 17.4. The van der Waals surface area contributed by atoms with Gasteiger partial charge < -0.3 is 9.30 Å². The highest BCUT2D eigenvalue weighted by atomic mass is 19.1. The van der Waals surface area contributed by atoms with Crippen molar-refractivity contribution in [3.63, 3.8) is 0 Å². The van der Waals surface area contributed by atoms with Gasteiger partial charge in [-0.15, -0.1) is 0 Å². The second-order valence-electron chi connectivity index (χ2n) is 6.71. The lowest BCUT2D eigenvalue weighted by atomic mass is 10.1. The lowest BCUT2D eigenvalue weighted by Gasteiger charge is -2.22. The quantitative estimate of drug-likeness (QED) is 0.830. The lowest BCUT2D eigenvalue weighted by Crippen LogP contribution is -2.39. The minimum atomic E-state index is -0.245. The molecule has 0 aliphatic carbocycles. The summed E-state index contributed by atoms with van der Waals surface area (Å²) in [6, 6.07) is 6.50. The number of hydrogen-bond acceptors (Lipinski definition) is 4. The molecule has 1 aromatic carbocycles. The number of nitrogens with zero attached hydrogens (tertiary/aromatic N) is 4. The van der Waals surface area contributed by atoms with Gasteiger partial charge >= 0.3 is 6.09 Å². The number of hydrogen-bond donors (Lipinski definition) is 0. The summed E-state index contributed by atoms with van der Waals surface area (Å²) in [5.74, 6) is 0.759. The van der Waals surface area contributed by atoms with Crippen molar-refractivity contribution < 1.29 is 13.9 Å². The number of halogens is 1. The summed E-state index contributed by atoms with van der Waals surface area (Å²) in [6.07, 6.45) is 4.09. The summed E-state index contributed by atoms with van der Waals surface area (Å²) in [5.41, 5.74) is 1.01. The highest BCUT2D eigenvalue weighted by Crippen LogP contribution is 2.28. The molecule has 0 unspecified atom stereocenters. The second kappa shape index (κ2) is 6.48. The van der Waals surface area contributed by atoms with Gasteiger partial charge in [0, 0.05) is 39.1 Å². The van der Waals surface area contributed by atoms with Crippen LogP contribution in [0.2, 0.25) is 0 Å². The van der Waals surface area contributed by atoms with Gasteiger partial charge in [0.05, 0.1) is 12.6 Å². The summed E-state index contributed by atoms with van der Waals surface area (Å²) in [5, 5.41) is 0. The molecule has 2 fully saturated rings. The number of aryl methyl sites for hydroxylation is 1. The maximum Gasteiger partial charge on any atom is 0.410 e. The zero-order valence-electron chi connectivity index (χ0n) is 14.1. The fourth-order valence-corrected chi connectivity index (χ4v) is 3.62. The van der Waals surface area contributed by atoms with E-state index in [1.807, 2.05) is 22.7 Å². The molecule has 3 heterocycles. The summed E-state index contributed by atoms with van der Waals surface area (Å²) in [6.45, 7) is 2.85. The number of fused-ring (bicyclic) bond motifs is 1. The number of rotatable bonds is 5. The number of ether oxygens (including phenoxy) is 1. The molecule has 2 aliphatic heterocycles. The first kappa shape index (κ1) is 16.1. The second-order valence-corrected chi connectivity index (χ2v) is 6.71. The molecule has 2 aromatic rings. The molecule has 2 aliphatic rings. The Hall–Kier alpha value is -2.41. The van der Waals surface area contributed by atoms with E-state index in [4.69, 9.17) is 4.74 Å². The Morgan fingerprint density at radius 3 is 2.80 bits per heavy atom. The molecule has 1 amide bonds. The van der Waals surface area contributed by atoms with Crippen molar-refractivity contribution in [2.75, 3.05) is 19.6 Å². The van der Waals surface area contributed by atoms with Crippen LogP contribution in [0.4, 0.5) is 9.18 Å². The highest BCUT2D eigenvalue weighted by Gasteiger charge is 2.47. The number of carbonyl (C=O) groups is 1. The fourth-order valence-electron chi connectivity index (χ4n) is 3.62. The molecule has 132 valence electrons. The van der Waals surface area contributed by atoms with Crippen molar-refractivity contribution in [2.45, 2.75) is 25.1 Å². The SMILES string of the molecule is Cn1ccnc1CN1C[C@H]2OC(=O)N(CCc3ccc(F)cc3)[C@H]2C1. The molecule has 0 N–H and O–H groups in total. The Labute approximate surface area is 145 Å². The predicted octanol–water partition coefficient (Wildman–Crippen LogP) is 1.81. The van der Waals surface area contributed by atoms with Gasteiger partial charge in [0.25, 0.3) is 0 Å². The van der Waals surface area contributed by atoms with Crippen LogP contribution in [0.3, 0.4) is 0 Å². The molecule has 2 atom stereocenters. The van der Waals surface area contributed by atoms with Crippen LogP contribution in [-0.4, -0.2) is 57.2 Å². The Bertz CT molecular complexity index is 761. The van der Waals surface area contributed by atoms with Crippen molar-refractivity contribution in [1.29, 1.82) is 0 Å². The van der Waals surface area contributed by atoms with E-state index in [1.54, 1.807) is 18.3 Å². The number of carbonyl (C=O) groups excluding carboxylic acids is 1. The van der Waals surface area contributed by atoms with Crippen LogP contribution in [0.1, 0.15) is 11.4 Å². The fraction of sp³-hybridized carbons (Fsp3) is 0.444. The maximum absolute atomic E-state index is 13.0. The van der Waals surface area contributed by atoms with Crippen LogP contribution in [-0.2, 0) is 24.8 Å². The molecule has 7 heteroatoms. The van der Waals surface area contributed by atoms with E-state index in [0.29, 0.717) is 13.0 Å². The normalized spacial score (nSPS) is 23.1. The van der Waals surface area contributed by atoms with Gasteiger partial charge in [-0.1, -0.05) is 12.1 Å². The van der Waals surface area contributed by atoms with E-state index in [9.17, 15) is 9.18 Å². The molecule has 0 radical (unpaired) electrons. The van der Waals surface area contributed by atoms with E-state index in [-0.39, 0.29) is 24.1 Å². The topological polar surface area (TPSA) is 50.6 Å². The Balaban J connectivity index is 1.37. The van der Waals surface area contributed by atoms with Gasteiger partial charge in [-0.2, -0.15) is 0 Å². The van der Waals surface area contributed by atoms with Crippen LogP contribution < -0.4 is 0 Å². The van der Waals surface area contributed by atoms with Gasteiger partial charge in [-0.05, 0) is 24.1 Å². The van der Waals surface area contributed by atoms with Crippen LogP contribution in [0, 0.1) is 5.82 Å². The standard InChI is InChI=1S/C18H21FN4O2/c1-21-9-7-20-17(21)12-22-10-15-16(11-22)25-18(24)23(15)8-6-13-2-4-14(19)5-3-13/h2-5,7,9,15-16H,6,8,10-12H2,1H3/t15-,16+/m0/s1. The number of likely N-dealkylation sites (tertiary alicyclic amines) is 1. The van der Waals surface area contributed by atoms with Crippen molar-refractivity contribution in [3.05, 3.63) is 53.9 Å². The molecule has 6 nitrogen and oxygen atoms in total. The van der Waals surface area contributed by atoms with E-state index in [2.05, 4.69) is 9.88 Å². The summed E-state index contributed by atoms with van der Waals surface area (Å²) >= 11 is 0. The zero-order valence-corrected chi connectivity index (χ0v) is 14.1. The lowest BCUT2D eigenvalue weighted by molar-refractivity contribution is 0.119. The Kier molecular flexibility index (Phi) is 4.17. The van der Waals surface area contributed by atoms with Crippen LogP contribution >= 0.6 is 0 Å². The first-order valence-electron chi connectivity index (χ1n) is 8.50. The van der Waals surface area contributed by atoms with Gasteiger partial charge in [-0.3, -0.25) is 9.80 Å². The predicted molar refractivity (Wildman–Crippen MR) is 89.4 cm³/mol. The molecule has 0 saturated carbocycles. The summed E-state index contributed by atoms with van der Waals surface area (Å²) in [7, 11) is 1.98. The smallest absolute Gasteiger partial charge is 0.410 e. The van der Waals surface area contributed by atoms with Crippen molar-refractivity contribution in [3.8, 4) is 0 Å². The minimum Gasteiger partial charge on any atom is -0.442 e. The van der Waals surface area contributed by atoms with E-state index in [1.165, 1.54) is 12.1 Å². The van der Waals surface area contributed by atoms with Crippen molar-refractivity contribution >= 4 is 6.09 Å². The first-order valence-corrected chi connectivity index (χ1v) is 8.50.